The van der Waals surface area contributed by atoms with Gasteiger partial charge in [-0.2, -0.15) is 23.4 Å². The third-order valence-electron chi connectivity index (χ3n) is 4.57. The first-order valence-corrected chi connectivity index (χ1v) is 9.21. The first-order chi connectivity index (χ1) is 13.6. The van der Waals surface area contributed by atoms with E-state index in [1.807, 2.05) is 35.9 Å². The number of aryl methyl sites for hydroxylation is 2. The zero-order valence-electron chi connectivity index (χ0n) is 16.6. The largest absolute Gasteiger partial charge is 0.490 e. The first-order valence-electron chi connectivity index (χ1n) is 9.21. The van der Waals surface area contributed by atoms with Gasteiger partial charge in [-0.05, 0) is 25.3 Å². The number of aromatic nitrogens is 4. The number of hydrogen-bond acceptors (Lipinski definition) is 5. The van der Waals surface area contributed by atoms with Crippen molar-refractivity contribution >= 4 is 5.97 Å². The van der Waals surface area contributed by atoms with E-state index in [2.05, 4.69) is 34.4 Å². The molecule has 0 aromatic carbocycles. The molecule has 1 aliphatic heterocycles. The van der Waals surface area contributed by atoms with Gasteiger partial charge in [-0.3, -0.25) is 14.3 Å². The number of nitrogens with zero attached hydrogens (tertiary/aromatic N) is 5. The van der Waals surface area contributed by atoms with Gasteiger partial charge in [0.25, 0.3) is 0 Å². The van der Waals surface area contributed by atoms with Crippen LogP contribution in [0, 0.1) is 0 Å². The lowest BCUT2D eigenvalue weighted by Gasteiger charge is -2.27. The molecular formula is C18H26F3N5O3. The molecule has 1 fully saturated rings. The minimum absolute atomic E-state index is 0.307. The van der Waals surface area contributed by atoms with E-state index in [1.54, 1.807) is 0 Å². The summed E-state index contributed by atoms with van der Waals surface area (Å²) < 4.78 is 41.4. The molecule has 1 saturated heterocycles. The van der Waals surface area contributed by atoms with Crippen LogP contribution in [0.4, 0.5) is 13.2 Å². The van der Waals surface area contributed by atoms with Crippen molar-refractivity contribution in [3.8, 4) is 0 Å². The highest BCUT2D eigenvalue weighted by atomic mass is 19.4. The second kappa shape index (κ2) is 9.88. The molecule has 1 aliphatic rings. The Morgan fingerprint density at radius 1 is 1.21 bits per heavy atom. The van der Waals surface area contributed by atoms with Crippen LogP contribution in [0.1, 0.15) is 24.5 Å². The van der Waals surface area contributed by atoms with Gasteiger partial charge in [0, 0.05) is 57.8 Å². The molecule has 11 heteroatoms. The van der Waals surface area contributed by atoms with Gasteiger partial charge in [0.15, 0.2) is 0 Å². The van der Waals surface area contributed by atoms with Crippen LogP contribution >= 0.6 is 0 Å². The minimum atomic E-state index is -5.08. The Morgan fingerprint density at radius 3 is 2.21 bits per heavy atom. The fraction of sp³-hybridized carbons (Fsp3) is 0.611. The van der Waals surface area contributed by atoms with E-state index in [0.717, 1.165) is 32.5 Å². The van der Waals surface area contributed by atoms with Gasteiger partial charge in [-0.1, -0.05) is 0 Å². The summed E-state index contributed by atoms with van der Waals surface area (Å²) in [5, 5.41) is 15.7. The molecule has 2 atom stereocenters. The van der Waals surface area contributed by atoms with Crippen LogP contribution in [0.2, 0.25) is 0 Å². The van der Waals surface area contributed by atoms with Crippen LogP contribution in [0.3, 0.4) is 0 Å². The molecule has 162 valence electrons. The van der Waals surface area contributed by atoms with Crippen LogP contribution in [-0.4, -0.2) is 67.0 Å². The van der Waals surface area contributed by atoms with E-state index in [4.69, 9.17) is 14.6 Å². The molecule has 2 aromatic rings. The van der Waals surface area contributed by atoms with Crippen LogP contribution in [0.25, 0.3) is 0 Å². The molecule has 1 N–H and O–H groups in total. The summed E-state index contributed by atoms with van der Waals surface area (Å²) >= 11 is 0. The number of aliphatic carboxylic acids is 1. The summed E-state index contributed by atoms with van der Waals surface area (Å²) in [6.07, 6.45) is 5.41. The van der Waals surface area contributed by atoms with E-state index in [1.165, 1.54) is 11.1 Å². The Labute approximate surface area is 166 Å². The second-order valence-electron chi connectivity index (χ2n) is 6.87. The Balaban J connectivity index is 0.000000370. The highest BCUT2D eigenvalue weighted by Crippen LogP contribution is 2.26. The van der Waals surface area contributed by atoms with Crippen LogP contribution in [0.15, 0.2) is 24.8 Å². The maximum atomic E-state index is 10.6. The fourth-order valence-corrected chi connectivity index (χ4v) is 3.36. The Bertz CT molecular complexity index is 790. The standard InChI is InChI=1S/C16H25N5O.C2HF3O2/c1-4-22-16-5-6-21(12-14-9-18-20(3)11-14)15(16)7-13-8-17-19(2)10-13;3-2(4,5)1(6)7/h8-11,15-16H,4-7,12H2,1-3H3;(H,6,7)/t15-,16-;/m1./s1. The summed E-state index contributed by atoms with van der Waals surface area (Å²) in [4.78, 5) is 11.4. The maximum absolute atomic E-state index is 10.6. The summed E-state index contributed by atoms with van der Waals surface area (Å²) in [5.41, 5.74) is 2.53. The number of rotatable bonds is 6. The molecular weight excluding hydrogens is 391 g/mol. The van der Waals surface area contributed by atoms with Crippen molar-refractivity contribution in [3.63, 3.8) is 0 Å². The van der Waals surface area contributed by atoms with Gasteiger partial charge in [0.05, 0.1) is 18.5 Å². The fourth-order valence-electron chi connectivity index (χ4n) is 3.36. The quantitative estimate of drug-likeness (QED) is 0.774. The molecule has 0 amide bonds. The molecule has 0 unspecified atom stereocenters. The second-order valence-corrected chi connectivity index (χ2v) is 6.87. The van der Waals surface area contributed by atoms with E-state index < -0.39 is 12.1 Å². The molecule has 0 radical (unpaired) electrons. The zero-order valence-corrected chi connectivity index (χ0v) is 16.6. The predicted molar refractivity (Wildman–Crippen MR) is 98.0 cm³/mol. The van der Waals surface area contributed by atoms with Gasteiger partial charge in [-0.25, -0.2) is 4.79 Å². The molecule has 0 aliphatic carbocycles. The third kappa shape index (κ3) is 6.86. The van der Waals surface area contributed by atoms with Crippen LogP contribution < -0.4 is 0 Å². The van der Waals surface area contributed by atoms with Crippen LogP contribution in [-0.2, 0) is 36.6 Å². The number of carbonyl (C=O) groups is 1. The van der Waals surface area contributed by atoms with E-state index >= 15 is 0 Å². The molecule has 8 nitrogen and oxygen atoms in total. The SMILES string of the molecule is CCO[C@@H]1CCN(Cc2cnn(C)c2)[C@@H]1Cc1cnn(C)c1.O=C(O)C(F)(F)F. The molecule has 29 heavy (non-hydrogen) atoms. The van der Waals surface area contributed by atoms with Gasteiger partial charge in [0.1, 0.15) is 0 Å². The number of ether oxygens (including phenoxy) is 1. The normalized spacial score (nSPS) is 19.8. The number of hydrogen-bond donors (Lipinski definition) is 1. The Hall–Kier alpha value is -2.40. The van der Waals surface area contributed by atoms with Crippen molar-refractivity contribution in [1.29, 1.82) is 0 Å². The zero-order chi connectivity index (χ0) is 21.6. The summed E-state index contributed by atoms with van der Waals surface area (Å²) in [7, 11) is 3.93. The average molecular weight is 417 g/mol. The summed E-state index contributed by atoms with van der Waals surface area (Å²) in [6.45, 7) is 4.85. The van der Waals surface area contributed by atoms with Crippen molar-refractivity contribution in [3.05, 3.63) is 35.9 Å². The molecule has 2 aromatic heterocycles. The minimum Gasteiger partial charge on any atom is -0.475 e. The predicted octanol–water partition coefficient (Wildman–Crippen LogP) is 2.01. The first kappa shape index (κ1) is 22.9. The maximum Gasteiger partial charge on any atom is 0.490 e. The van der Waals surface area contributed by atoms with Crippen molar-refractivity contribution in [2.24, 2.45) is 14.1 Å². The smallest absolute Gasteiger partial charge is 0.475 e. The molecule has 3 heterocycles. The van der Waals surface area contributed by atoms with Crippen molar-refractivity contribution < 1.29 is 27.8 Å². The Kier molecular flexibility index (Phi) is 7.80. The van der Waals surface area contributed by atoms with Crippen molar-refractivity contribution in [2.45, 2.75) is 44.6 Å². The Morgan fingerprint density at radius 2 is 1.76 bits per heavy atom. The van der Waals surface area contributed by atoms with Crippen molar-refractivity contribution in [1.82, 2.24) is 24.5 Å². The highest BCUT2D eigenvalue weighted by molar-refractivity contribution is 5.73. The van der Waals surface area contributed by atoms with Gasteiger partial charge in [-0.15, -0.1) is 0 Å². The molecule has 3 rings (SSSR count). The van der Waals surface area contributed by atoms with Crippen molar-refractivity contribution in [2.75, 3.05) is 13.2 Å². The lowest BCUT2D eigenvalue weighted by Crippen LogP contribution is -2.37. The van der Waals surface area contributed by atoms with Gasteiger partial charge >= 0.3 is 12.1 Å². The lowest BCUT2D eigenvalue weighted by atomic mass is 10.0. The lowest BCUT2D eigenvalue weighted by molar-refractivity contribution is -0.192. The average Bonchev–Trinajstić information content (AvgIpc) is 3.32. The van der Waals surface area contributed by atoms with Gasteiger partial charge in [0.2, 0.25) is 0 Å². The van der Waals surface area contributed by atoms with Crippen LogP contribution in [0.5, 0.6) is 0 Å². The van der Waals surface area contributed by atoms with E-state index in [0.29, 0.717) is 12.1 Å². The molecule has 0 bridgehead atoms. The monoisotopic (exact) mass is 417 g/mol. The van der Waals surface area contributed by atoms with E-state index in [9.17, 15) is 13.2 Å². The number of halogens is 3. The summed E-state index contributed by atoms with van der Waals surface area (Å²) in [6, 6.07) is 0.407. The topological polar surface area (TPSA) is 85.4 Å². The van der Waals surface area contributed by atoms with E-state index in [-0.39, 0.29) is 0 Å². The number of likely N-dealkylation sites (tertiary alicyclic amines) is 1. The van der Waals surface area contributed by atoms with Gasteiger partial charge < -0.3 is 9.84 Å². The summed E-state index contributed by atoms with van der Waals surface area (Å²) in [5.74, 6) is -2.76. The number of alkyl halides is 3. The number of carboxylic acids is 1. The molecule has 0 saturated carbocycles. The third-order valence-corrected chi connectivity index (χ3v) is 4.57. The highest BCUT2D eigenvalue weighted by Gasteiger charge is 2.38. The molecule has 0 spiro atoms. The number of carboxylic acid groups (broad SMARTS) is 1.